The van der Waals surface area contributed by atoms with Gasteiger partial charge in [0.1, 0.15) is 12.6 Å². The number of benzene rings is 5. The molecule has 278 valence electrons. The molecule has 0 saturated carbocycles. The number of alkyl carbamates (subject to hydrolysis) is 1. The van der Waals surface area contributed by atoms with Crippen LogP contribution in [-0.4, -0.2) is 48.0 Å². The van der Waals surface area contributed by atoms with Gasteiger partial charge in [-0.25, -0.2) is 9.59 Å². The van der Waals surface area contributed by atoms with Gasteiger partial charge in [0.05, 0.1) is 4.75 Å². The van der Waals surface area contributed by atoms with E-state index in [1.165, 1.54) is 16.7 Å². The fourth-order valence-corrected chi connectivity index (χ4v) is 8.95. The minimum Gasteiger partial charge on any atom is -0.480 e. The van der Waals surface area contributed by atoms with Crippen molar-refractivity contribution in [1.29, 1.82) is 0 Å². The number of carbonyl (C=O) groups is 3. The lowest BCUT2D eigenvalue weighted by molar-refractivity contribution is -0.139. The van der Waals surface area contributed by atoms with Crippen LogP contribution < -0.4 is 10.6 Å². The lowest BCUT2D eigenvalue weighted by Gasteiger charge is -2.35. The van der Waals surface area contributed by atoms with Crippen LogP contribution in [0.2, 0.25) is 0 Å². The fraction of sp³-hybridized carbons (Fsp3) is 0.283. The summed E-state index contributed by atoms with van der Waals surface area (Å²) in [6, 6.07) is 47.1. The predicted molar refractivity (Wildman–Crippen MR) is 217 cm³/mol. The van der Waals surface area contributed by atoms with E-state index in [-0.39, 0.29) is 29.6 Å². The van der Waals surface area contributed by atoms with E-state index in [4.69, 9.17) is 4.74 Å². The second-order valence-corrected chi connectivity index (χ2v) is 15.0. The van der Waals surface area contributed by atoms with Gasteiger partial charge < -0.3 is 20.5 Å². The Bertz CT molecular complexity index is 1830. The highest BCUT2D eigenvalue weighted by Gasteiger charge is 2.36. The molecule has 3 N–H and O–H groups in total. The molecule has 0 heterocycles. The number of hydrogen-bond donors (Lipinski definition) is 3. The zero-order valence-corrected chi connectivity index (χ0v) is 31.3. The van der Waals surface area contributed by atoms with Crippen molar-refractivity contribution in [2.45, 2.75) is 61.7 Å². The molecule has 0 spiro atoms. The molecule has 1 aliphatic rings. The second-order valence-electron chi connectivity index (χ2n) is 13.6. The third kappa shape index (κ3) is 9.41. The summed E-state index contributed by atoms with van der Waals surface area (Å²) in [6.07, 6.45) is 3.81. The van der Waals surface area contributed by atoms with Gasteiger partial charge in [-0.1, -0.05) is 146 Å². The number of amides is 2. The van der Waals surface area contributed by atoms with Crippen LogP contribution in [0, 0.1) is 0 Å². The number of carboxylic acids is 1. The van der Waals surface area contributed by atoms with E-state index in [1.807, 2.05) is 48.2 Å². The molecular weight excluding hydrogens is 693 g/mol. The van der Waals surface area contributed by atoms with Gasteiger partial charge in [-0.05, 0) is 76.8 Å². The van der Waals surface area contributed by atoms with Crippen molar-refractivity contribution in [3.8, 4) is 11.1 Å². The summed E-state index contributed by atoms with van der Waals surface area (Å²) in [4.78, 5) is 37.2. The summed E-state index contributed by atoms with van der Waals surface area (Å²) in [7, 11) is 0. The average Bonchev–Trinajstić information content (AvgIpc) is 3.53. The van der Waals surface area contributed by atoms with Crippen molar-refractivity contribution in [1.82, 2.24) is 10.6 Å². The molecule has 5 aromatic carbocycles. The molecular formula is C46H48N2O5S. The number of rotatable bonds is 19. The second kappa shape index (κ2) is 19.1. The summed E-state index contributed by atoms with van der Waals surface area (Å²) in [5.74, 6) is -0.275. The van der Waals surface area contributed by atoms with Gasteiger partial charge >= 0.3 is 12.1 Å². The Hall–Kier alpha value is -5.34. The number of carbonyl (C=O) groups excluding carboxylic acids is 2. The molecule has 54 heavy (non-hydrogen) atoms. The maximum Gasteiger partial charge on any atom is 0.407 e. The van der Waals surface area contributed by atoms with Gasteiger partial charge in [0.25, 0.3) is 0 Å². The Labute approximate surface area is 322 Å². The smallest absolute Gasteiger partial charge is 0.407 e. The number of aliphatic carboxylic acids is 1. The number of carboxylic acid groups (broad SMARTS) is 1. The quantitative estimate of drug-likeness (QED) is 0.0576. The minimum absolute atomic E-state index is 0.00130. The van der Waals surface area contributed by atoms with Crippen molar-refractivity contribution in [2.75, 3.05) is 18.9 Å². The molecule has 0 aliphatic heterocycles. The maximum atomic E-state index is 12.7. The lowest BCUT2D eigenvalue weighted by atomic mass is 9.84. The first-order chi connectivity index (χ1) is 26.5. The Morgan fingerprint density at radius 3 is 1.70 bits per heavy atom. The van der Waals surface area contributed by atoms with Gasteiger partial charge in [-0.2, -0.15) is 0 Å². The van der Waals surface area contributed by atoms with Crippen molar-refractivity contribution < 1.29 is 24.2 Å². The zero-order valence-electron chi connectivity index (χ0n) is 30.5. The topological polar surface area (TPSA) is 105 Å². The first-order valence-electron chi connectivity index (χ1n) is 18.9. The average molecular weight is 741 g/mol. The van der Waals surface area contributed by atoms with Crippen LogP contribution in [0.1, 0.15) is 78.7 Å². The van der Waals surface area contributed by atoms with Gasteiger partial charge in [0.2, 0.25) is 5.91 Å². The molecule has 1 atom stereocenters. The number of thioether (sulfide) groups is 1. The third-order valence-electron chi connectivity index (χ3n) is 10.1. The van der Waals surface area contributed by atoms with Gasteiger partial charge in [-0.15, -0.1) is 11.8 Å². The molecule has 2 amide bonds. The Balaban J connectivity index is 0.891. The Morgan fingerprint density at radius 2 is 1.17 bits per heavy atom. The van der Waals surface area contributed by atoms with E-state index in [2.05, 4.69) is 114 Å². The normalized spacial score (nSPS) is 12.7. The summed E-state index contributed by atoms with van der Waals surface area (Å²) >= 11 is 1.94. The van der Waals surface area contributed by atoms with E-state index in [1.54, 1.807) is 0 Å². The summed E-state index contributed by atoms with van der Waals surface area (Å²) < 4.78 is 5.21. The van der Waals surface area contributed by atoms with Gasteiger partial charge in [0, 0.05) is 18.9 Å². The van der Waals surface area contributed by atoms with Crippen LogP contribution in [0.25, 0.3) is 11.1 Å². The summed E-state index contributed by atoms with van der Waals surface area (Å²) in [6.45, 7) is 0.576. The number of ether oxygens (including phenoxy) is 1. The SMILES string of the molecule is O=C(CCCCCSC(c1ccccc1)(c1ccccc1)c1ccccc1)NCCCC[C@H](NC(=O)OCC1c2ccccc2-c2ccccc21)C(=O)O. The highest BCUT2D eigenvalue weighted by molar-refractivity contribution is 8.00. The maximum absolute atomic E-state index is 12.7. The highest BCUT2D eigenvalue weighted by atomic mass is 32.2. The number of fused-ring (bicyclic) bond motifs is 3. The van der Waals surface area contributed by atoms with Crippen molar-refractivity contribution in [2.24, 2.45) is 0 Å². The standard InChI is InChI=1S/C46H48N2O5S/c49-43(30-11-4-18-32-54-46(34-19-5-1-6-20-34,35-21-7-2-8-22-35)36-23-9-3-10-24-36)47-31-17-16-29-42(44(50)51)48-45(52)53-33-41-39-27-14-12-25-37(39)38-26-13-15-28-40(38)41/h1-3,5-10,12-15,19-28,41-42H,4,11,16-18,29-33H2,(H,47,49)(H,48,52)(H,50,51)/t42-/m0/s1. The third-order valence-corrected chi connectivity index (χ3v) is 11.7. The molecule has 0 aromatic heterocycles. The van der Waals surface area contributed by atoms with Crippen LogP contribution in [-0.2, 0) is 19.1 Å². The van der Waals surface area contributed by atoms with Crippen LogP contribution >= 0.6 is 11.8 Å². The Morgan fingerprint density at radius 1 is 0.648 bits per heavy atom. The van der Waals surface area contributed by atoms with Crippen molar-refractivity contribution in [3.63, 3.8) is 0 Å². The minimum atomic E-state index is -1.11. The molecule has 0 fully saturated rings. The fourth-order valence-electron chi connectivity index (χ4n) is 7.39. The van der Waals surface area contributed by atoms with E-state index in [0.717, 1.165) is 47.3 Å². The molecule has 0 unspecified atom stereocenters. The van der Waals surface area contributed by atoms with E-state index in [0.29, 0.717) is 25.8 Å². The molecule has 0 bridgehead atoms. The van der Waals surface area contributed by atoms with Gasteiger partial charge in [-0.3, -0.25) is 4.79 Å². The van der Waals surface area contributed by atoms with Crippen molar-refractivity contribution in [3.05, 3.63) is 167 Å². The molecule has 6 rings (SSSR count). The molecule has 0 radical (unpaired) electrons. The van der Waals surface area contributed by atoms with Crippen LogP contribution in [0.4, 0.5) is 4.79 Å². The number of unbranched alkanes of at least 4 members (excludes halogenated alkanes) is 3. The lowest BCUT2D eigenvalue weighted by Crippen LogP contribution is -2.41. The molecule has 8 heteroatoms. The van der Waals surface area contributed by atoms with E-state index < -0.39 is 18.1 Å². The van der Waals surface area contributed by atoms with Crippen LogP contribution in [0.3, 0.4) is 0 Å². The van der Waals surface area contributed by atoms with Crippen LogP contribution in [0.15, 0.2) is 140 Å². The highest BCUT2D eigenvalue weighted by Crippen LogP contribution is 2.49. The first-order valence-corrected chi connectivity index (χ1v) is 19.9. The molecule has 5 aromatic rings. The number of hydrogen-bond acceptors (Lipinski definition) is 5. The summed E-state index contributed by atoms with van der Waals surface area (Å²) in [5, 5.41) is 15.2. The number of nitrogens with one attached hydrogen (secondary N) is 2. The Kier molecular flexibility index (Phi) is 13.6. The monoisotopic (exact) mass is 740 g/mol. The van der Waals surface area contributed by atoms with Crippen molar-refractivity contribution >= 4 is 29.7 Å². The predicted octanol–water partition coefficient (Wildman–Crippen LogP) is 9.55. The van der Waals surface area contributed by atoms with E-state index >= 15 is 0 Å². The first kappa shape index (κ1) is 38.4. The molecule has 1 aliphatic carbocycles. The van der Waals surface area contributed by atoms with Crippen LogP contribution in [0.5, 0.6) is 0 Å². The largest absolute Gasteiger partial charge is 0.480 e. The van der Waals surface area contributed by atoms with Gasteiger partial charge in [0.15, 0.2) is 0 Å². The molecule has 7 nitrogen and oxygen atoms in total. The summed E-state index contributed by atoms with van der Waals surface area (Å²) in [5.41, 5.74) is 8.17. The van der Waals surface area contributed by atoms with E-state index in [9.17, 15) is 19.5 Å². The molecule has 0 saturated heterocycles. The zero-order chi connectivity index (χ0) is 37.6.